The smallest absolute Gasteiger partial charge is 0.302 e. The van der Waals surface area contributed by atoms with Crippen LogP contribution >= 0.6 is 11.3 Å². The van der Waals surface area contributed by atoms with Gasteiger partial charge >= 0.3 is 5.69 Å². The van der Waals surface area contributed by atoms with E-state index in [1.807, 2.05) is 0 Å². The third kappa shape index (κ3) is 3.93. The summed E-state index contributed by atoms with van der Waals surface area (Å²) in [5.74, 6) is 0. The number of rotatable bonds is 4. The Hall–Kier alpha value is -1.94. The quantitative estimate of drug-likeness (QED) is 0.860. The molecule has 2 aromatic rings. The normalized spacial score (nSPS) is 12.4. The zero-order chi connectivity index (χ0) is 18.3. The fourth-order valence-electron chi connectivity index (χ4n) is 2.11. The minimum absolute atomic E-state index is 0.0257. The van der Waals surface area contributed by atoms with Crippen LogP contribution in [0.1, 0.15) is 26.5 Å². The van der Waals surface area contributed by atoms with Gasteiger partial charge in [0.15, 0.2) is 10.0 Å². The SMILES string of the molecule is Cn1cc(S(=O)(=O)Nc2nc(CC(C)(C)C)cs2)c(=O)n(C)c1=O. The molecule has 10 heteroatoms. The molecular formula is C14H20N4O4S2. The second-order valence-electron chi connectivity index (χ2n) is 6.74. The van der Waals surface area contributed by atoms with Crippen LogP contribution < -0.4 is 16.0 Å². The fourth-order valence-corrected chi connectivity index (χ4v) is 4.23. The van der Waals surface area contributed by atoms with E-state index in [0.717, 1.165) is 32.4 Å². The lowest BCUT2D eigenvalue weighted by Crippen LogP contribution is -2.40. The maximum atomic E-state index is 12.5. The second-order valence-corrected chi connectivity index (χ2v) is 9.25. The molecule has 0 bridgehead atoms. The van der Waals surface area contributed by atoms with Crippen molar-refractivity contribution in [1.29, 1.82) is 0 Å². The van der Waals surface area contributed by atoms with Gasteiger partial charge in [-0.05, 0) is 11.8 Å². The number of hydrogen-bond acceptors (Lipinski definition) is 6. The third-order valence-electron chi connectivity index (χ3n) is 3.19. The number of nitrogens with one attached hydrogen (secondary N) is 1. The molecule has 0 amide bonds. The van der Waals surface area contributed by atoms with E-state index >= 15 is 0 Å². The first-order valence-electron chi connectivity index (χ1n) is 7.14. The van der Waals surface area contributed by atoms with Crippen molar-refractivity contribution in [3.05, 3.63) is 38.1 Å². The van der Waals surface area contributed by atoms with Crippen LogP contribution in [0.4, 0.5) is 5.13 Å². The van der Waals surface area contributed by atoms with Gasteiger partial charge in [0, 0.05) is 25.7 Å². The molecule has 0 unspecified atom stereocenters. The first kappa shape index (κ1) is 18.4. The van der Waals surface area contributed by atoms with Gasteiger partial charge in [-0.25, -0.2) is 18.2 Å². The van der Waals surface area contributed by atoms with E-state index in [1.54, 1.807) is 5.38 Å². The molecule has 1 N–H and O–H groups in total. The lowest BCUT2D eigenvalue weighted by Gasteiger charge is -2.15. The number of thiazole rings is 1. The van der Waals surface area contributed by atoms with Crippen LogP contribution in [-0.2, 0) is 30.5 Å². The second kappa shape index (κ2) is 6.17. The van der Waals surface area contributed by atoms with Crippen molar-refractivity contribution in [3.8, 4) is 0 Å². The molecule has 24 heavy (non-hydrogen) atoms. The highest BCUT2D eigenvalue weighted by Crippen LogP contribution is 2.25. The molecule has 0 spiro atoms. The van der Waals surface area contributed by atoms with Crippen molar-refractivity contribution >= 4 is 26.5 Å². The highest BCUT2D eigenvalue weighted by molar-refractivity contribution is 7.92. The number of aryl methyl sites for hydroxylation is 1. The molecule has 0 aliphatic rings. The topological polar surface area (TPSA) is 103 Å². The Balaban J connectivity index is 2.37. The summed E-state index contributed by atoms with van der Waals surface area (Å²) in [6.07, 6.45) is 1.71. The molecule has 8 nitrogen and oxygen atoms in total. The predicted molar refractivity (Wildman–Crippen MR) is 93.0 cm³/mol. The summed E-state index contributed by atoms with van der Waals surface area (Å²) in [6, 6.07) is 0. The molecule has 0 saturated heterocycles. The minimum Gasteiger partial charge on any atom is -0.302 e. The lowest BCUT2D eigenvalue weighted by atomic mass is 9.91. The molecule has 132 valence electrons. The summed E-state index contributed by atoms with van der Waals surface area (Å²) in [5, 5.41) is 1.97. The molecule has 0 aliphatic carbocycles. The van der Waals surface area contributed by atoms with Gasteiger partial charge in [0.25, 0.3) is 15.6 Å². The molecule has 0 aromatic carbocycles. The minimum atomic E-state index is -4.13. The Bertz CT molecular complexity index is 977. The van der Waals surface area contributed by atoms with E-state index in [9.17, 15) is 18.0 Å². The first-order chi connectivity index (χ1) is 10.9. The largest absolute Gasteiger partial charge is 0.330 e. The summed E-state index contributed by atoms with van der Waals surface area (Å²) in [5.41, 5.74) is -0.672. The fraction of sp³-hybridized carbons (Fsp3) is 0.500. The van der Waals surface area contributed by atoms with E-state index in [-0.39, 0.29) is 10.5 Å². The van der Waals surface area contributed by atoms with Crippen LogP contribution in [0.2, 0.25) is 0 Å². The summed E-state index contributed by atoms with van der Waals surface area (Å²) >= 11 is 1.15. The van der Waals surface area contributed by atoms with Crippen molar-refractivity contribution in [3.63, 3.8) is 0 Å². The molecule has 2 heterocycles. The van der Waals surface area contributed by atoms with Crippen molar-refractivity contribution < 1.29 is 8.42 Å². The van der Waals surface area contributed by atoms with E-state index < -0.39 is 26.2 Å². The van der Waals surface area contributed by atoms with Crippen LogP contribution in [0.5, 0.6) is 0 Å². The van der Waals surface area contributed by atoms with E-state index in [0.29, 0.717) is 6.42 Å². The van der Waals surface area contributed by atoms with Crippen molar-refractivity contribution in [2.75, 3.05) is 4.72 Å². The van der Waals surface area contributed by atoms with Gasteiger partial charge in [0.05, 0.1) is 5.69 Å². The number of anilines is 1. The molecular weight excluding hydrogens is 352 g/mol. The van der Waals surface area contributed by atoms with Crippen LogP contribution in [0.25, 0.3) is 0 Å². The zero-order valence-corrected chi connectivity index (χ0v) is 15.8. The van der Waals surface area contributed by atoms with Gasteiger partial charge < -0.3 is 4.57 Å². The van der Waals surface area contributed by atoms with Gasteiger partial charge in [-0.15, -0.1) is 11.3 Å². The highest BCUT2D eigenvalue weighted by atomic mass is 32.2. The molecule has 0 fully saturated rings. The summed E-state index contributed by atoms with van der Waals surface area (Å²) in [7, 11) is -1.52. The summed E-state index contributed by atoms with van der Waals surface area (Å²) < 4.78 is 29.0. The lowest BCUT2D eigenvalue weighted by molar-refractivity contribution is 0.407. The van der Waals surface area contributed by atoms with E-state index in [2.05, 4.69) is 30.5 Å². The Morgan fingerprint density at radius 3 is 2.46 bits per heavy atom. The first-order valence-corrected chi connectivity index (χ1v) is 9.51. The molecule has 0 aliphatic heterocycles. The van der Waals surface area contributed by atoms with Crippen molar-refractivity contribution in [2.45, 2.75) is 32.1 Å². The van der Waals surface area contributed by atoms with Crippen LogP contribution in [0, 0.1) is 5.41 Å². The van der Waals surface area contributed by atoms with Gasteiger partial charge in [0.1, 0.15) is 0 Å². The van der Waals surface area contributed by atoms with Gasteiger partial charge in [0.2, 0.25) is 0 Å². The number of sulfonamides is 1. The van der Waals surface area contributed by atoms with Crippen LogP contribution in [0.3, 0.4) is 0 Å². The zero-order valence-electron chi connectivity index (χ0n) is 14.2. The molecule has 2 aromatic heterocycles. The Morgan fingerprint density at radius 1 is 1.25 bits per heavy atom. The summed E-state index contributed by atoms with van der Waals surface area (Å²) in [4.78, 5) is 27.5. The number of hydrogen-bond donors (Lipinski definition) is 1. The Kier molecular flexibility index (Phi) is 4.73. The maximum absolute atomic E-state index is 12.5. The highest BCUT2D eigenvalue weighted by Gasteiger charge is 2.23. The van der Waals surface area contributed by atoms with Crippen LogP contribution in [-0.4, -0.2) is 22.5 Å². The van der Waals surface area contributed by atoms with Gasteiger partial charge in [-0.1, -0.05) is 20.8 Å². The van der Waals surface area contributed by atoms with E-state index in [4.69, 9.17) is 0 Å². The predicted octanol–water partition coefficient (Wildman–Crippen LogP) is 0.930. The Labute approximate surface area is 143 Å². The third-order valence-corrected chi connectivity index (χ3v) is 5.45. The van der Waals surface area contributed by atoms with Crippen molar-refractivity contribution in [1.82, 2.24) is 14.1 Å². The average molecular weight is 372 g/mol. The summed E-state index contributed by atoms with van der Waals surface area (Å²) in [6.45, 7) is 6.18. The Morgan fingerprint density at radius 2 is 1.88 bits per heavy atom. The van der Waals surface area contributed by atoms with Crippen molar-refractivity contribution in [2.24, 2.45) is 19.5 Å². The molecule has 0 saturated carbocycles. The maximum Gasteiger partial charge on any atom is 0.330 e. The van der Waals surface area contributed by atoms with Gasteiger partial charge in [-0.3, -0.25) is 14.1 Å². The molecule has 0 atom stereocenters. The van der Waals surface area contributed by atoms with Crippen LogP contribution in [0.15, 0.2) is 26.1 Å². The monoisotopic (exact) mass is 372 g/mol. The van der Waals surface area contributed by atoms with Gasteiger partial charge in [-0.2, -0.15) is 0 Å². The number of aromatic nitrogens is 3. The standard InChI is InChI=1S/C14H20N4O4S2/c1-14(2,3)6-9-8-23-12(15-9)16-24(21,22)10-7-17(4)13(20)18(5)11(10)19/h7-8H,6H2,1-5H3,(H,15,16). The average Bonchev–Trinajstić information content (AvgIpc) is 2.84. The molecule has 0 radical (unpaired) electrons. The number of nitrogens with zero attached hydrogens (tertiary/aromatic N) is 3. The van der Waals surface area contributed by atoms with E-state index in [1.165, 1.54) is 14.1 Å². The molecule has 2 rings (SSSR count).